The van der Waals surface area contributed by atoms with Crippen LogP contribution in [0.1, 0.15) is 13.3 Å². The predicted octanol–water partition coefficient (Wildman–Crippen LogP) is 0.611. The van der Waals surface area contributed by atoms with Gasteiger partial charge in [-0.25, -0.2) is 4.79 Å². The van der Waals surface area contributed by atoms with Gasteiger partial charge in [-0.15, -0.1) is 0 Å². The van der Waals surface area contributed by atoms with Crippen molar-refractivity contribution in [1.29, 1.82) is 0 Å². The Kier molecular flexibility index (Phi) is 2.97. The summed E-state index contributed by atoms with van der Waals surface area (Å²) in [7, 11) is 0. The van der Waals surface area contributed by atoms with E-state index in [1.165, 1.54) is 0 Å². The first kappa shape index (κ1) is 10.5. The highest BCUT2D eigenvalue weighted by molar-refractivity contribution is 7.77. The second-order valence-corrected chi connectivity index (χ2v) is 3.76. The second kappa shape index (κ2) is 4.24. The summed E-state index contributed by atoms with van der Waals surface area (Å²) in [6.45, 7) is 2.98. The molecule has 0 N–H and O–H groups in total. The van der Waals surface area contributed by atoms with E-state index in [9.17, 15) is 4.79 Å². The summed E-state index contributed by atoms with van der Waals surface area (Å²) in [6.07, 6.45) is 4.33. The molecule has 0 aromatic carbocycles. The van der Waals surface area contributed by atoms with E-state index in [1.54, 1.807) is 17.4 Å². The van der Waals surface area contributed by atoms with E-state index in [0.29, 0.717) is 12.3 Å². The summed E-state index contributed by atoms with van der Waals surface area (Å²) in [5, 5.41) is 1.89. The quantitative estimate of drug-likeness (QED) is 0.554. The van der Waals surface area contributed by atoms with Crippen LogP contribution in [-0.4, -0.2) is 40.4 Å². The average Bonchev–Trinajstić information content (AvgIpc) is 2.60. The molecule has 0 aromatic rings. The van der Waals surface area contributed by atoms with Gasteiger partial charge in [-0.05, 0) is 13.0 Å². The van der Waals surface area contributed by atoms with Crippen molar-refractivity contribution in [2.45, 2.75) is 19.5 Å². The maximum Gasteiger partial charge on any atom is 0.356 e. The zero-order valence-electron chi connectivity index (χ0n) is 8.46. The van der Waals surface area contributed by atoms with Crippen LogP contribution in [0.3, 0.4) is 0 Å². The molecule has 0 radical (unpaired) electrons. The average molecular weight is 227 g/mol. The lowest BCUT2D eigenvalue weighted by molar-refractivity contribution is -0.135. The molecule has 0 amide bonds. The van der Waals surface area contributed by atoms with Crippen LogP contribution in [0.25, 0.3) is 0 Å². The number of ether oxygens (including phenoxy) is 1. The van der Waals surface area contributed by atoms with Gasteiger partial charge in [-0.3, -0.25) is 10.0 Å². The fourth-order valence-corrected chi connectivity index (χ4v) is 1.90. The molecule has 1 fully saturated rings. The molecule has 2 aliphatic heterocycles. The Morgan fingerprint density at radius 1 is 1.80 bits per heavy atom. The molecule has 1 saturated heterocycles. The third-order valence-corrected chi connectivity index (χ3v) is 2.72. The number of esters is 1. The standard InChI is InChI=1S/C9H13N3O2S/c1-2-14-9(13)7-3-5-11-8(10-7)4-6-12(11)15/h3,5,8,15H,2,4,6H2,1H3. The van der Waals surface area contributed by atoms with Crippen LogP contribution in [-0.2, 0) is 9.53 Å². The number of thiol groups is 1. The molecular weight excluding hydrogens is 214 g/mol. The van der Waals surface area contributed by atoms with Crippen molar-refractivity contribution in [3.05, 3.63) is 12.3 Å². The topological polar surface area (TPSA) is 45.1 Å². The normalized spacial score (nSPS) is 25.1. The van der Waals surface area contributed by atoms with Crippen molar-refractivity contribution in [2.24, 2.45) is 4.99 Å². The second-order valence-electron chi connectivity index (χ2n) is 3.30. The Morgan fingerprint density at radius 2 is 2.60 bits per heavy atom. The van der Waals surface area contributed by atoms with Gasteiger partial charge in [-0.2, -0.15) is 4.41 Å². The molecule has 2 rings (SSSR count). The number of carbonyl (C=O) groups excluding carboxylic acids is 1. The molecule has 82 valence electrons. The summed E-state index contributed by atoms with van der Waals surface area (Å²) >= 11 is 4.26. The molecule has 15 heavy (non-hydrogen) atoms. The summed E-state index contributed by atoms with van der Waals surface area (Å²) in [5.74, 6) is -0.356. The fraction of sp³-hybridized carbons (Fsp3) is 0.556. The molecular formula is C9H13N3O2S. The summed E-state index contributed by atoms with van der Waals surface area (Å²) < 4.78 is 6.67. The van der Waals surface area contributed by atoms with Crippen molar-refractivity contribution in [3.63, 3.8) is 0 Å². The van der Waals surface area contributed by atoms with Crippen molar-refractivity contribution < 1.29 is 9.53 Å². The molecule has 5 nitrogen and oxygen atoms in total. The number of nitrogens with zero attached hydrogens (tertiary/aromatic N) is 3. The van der Waals surface area contributed by atoms with E-state index < -0.39 is 0 Å². The molecule has 1 atom stereocenters. The highest BCUT2D eigenvalue weighted by Gasteiger charge is 2.30. The van der Waals surface area contributed by atoms with E-state index in [1.807, 2.05) is 11.2 Å². The van der Waals surface area contributed by atoms with E-state index in [-0.39, 0.29) is 12.1 Å². The Labute approximate surface area is 93.9 Å². The van der Waals surface area contributed by atoms with E-state index in [4.69, 9.17) is 4.74 Å². The zero-order valence-corrected chi connectivity index (χ0v) is 9.35. The monoisotopic (exact) mass is 227 g/mol. The molecule has 0 bridgehead atoms. The van der Waals surface area contributed by atoms with Gasteiger partial charge in [0.15, 0.2) is 0 Å². The van der Waals surface area contributed by atoms with Crippen LogP contribution in [0.2, 0.25) is 0 Å². The summed E-state index contributed by atoms with van der Waals surface area (Å²) in [5.41, 5.74) is 0.390. The van der Waals surface area contributed by atoms with Crippen LogP contribution in [0, 0.1) is 0 Å². The summed E-state index contributed by atoms with van der Waals surface area (Å²) in [4.78, 5) is 15.7. The molecule has 0 saturated carbocycles. The van der Waals surface area contributed by atoms with Crippen LogP contribution < -0.4 is 0 Å². The Bertz CT molecular complexity index is 329. The Morgan fingerprint density at radius 3 is 3.33 bits per heavy atom. The highest BCUT2D eigenvalue weighted by Crippen LogP contribution is 2.24. The minimum atomic E-state index is -0.356. The zero-order chi connectivity index (χ0) is 10.8. The third-order valence-electron chi connectivity index (χ3n) is 2.32. The van der Waals surface area contributed by atoms with Gasteiger partial charge in [0, 0.05) is 19.2 Å². The van der Waals surface area contributed by atoms with Crippen molar-refractivity contribution in [1.82, 2.24) is 9.42 Å². The van der Waals surface area contributed by atoms with Crippen molar-refractivity contribution in [2.75, 3.05) is 13.2 Å². The molecule has 0 aliphatic carbocycles. The van der Waals surface area contributed by atoms with Gasteiger partial charge in [0.1, 0.15) is 11.9 Å². The van der Waals surface area contributed by atoms with Crippen LogP contribution in [0.4, 0.5) is 0 Å². The molecule has 1 unspecified atom stereocenters. The molecule has 6 heteroatoms. The van der Waals surface area contributed by atoms with Gasteiger partial charge >= 0.3 is 5.97 Å². The number of carbonyl (C=O) groups is 1. The SMILES string of the molecule is CCOC(=O)C1=NC2CCN(S)N2C=C1. The third kappa shape index (κ3) is 2.00. The number of rotatable bonds is 2. The number of hydrogen-bond donors (Lipinski definition) is 1. The minimum Gasteiger partial charge on any atom is -0.461 e. The molecule has 0 aromatic heterocycles. The minimum absolute atomic E-state index is 0.00749. The lowest BCUT2D eigenvalue weighted by Gasteiger charge is -2.27. The van der Waals surface area contributed by atoms with Gasteiger partial charge in [0.05, 0.1) is 6.61 Å². The molecule has 2 aliphatic rings. The molecule has 2 heterocycles. The predicted molar refractivity (Wildman–Crippen MR) is 59.1 cm³/mol. The largest absolute Gasteiger partial charge is 0.461 e. The maximum absolute atomic E-state index is 11.4. The molecule has 0 spiro atoms. The Hall–Kier alpha value is -1.01. The first-order valence-corrected chi connectivity index (χ1v) is 5.30. The van der Waals surface area contributed by atoms with Crippen molar-refractivity contribution >= 4 is 24.5 Å². The highest BCUT2D eigenvalue weighted by atomic mass is 32.1. The summed E-state index contributed by atoms with van der Waals surface area (Å²) in [6, 6.07) is 0. The van der Waals surface area contributed by atoms with Crippen LogP contribution >= 0.6 is 12.8 Å². The van der Waals surface area contributed by atoms with Gasteiger partial charge in [-0.1, -0.05) is 12.8 Å². The first-order chi connectivity index (χ1) is 7.22. The van der Waals surface area contributed by atoms with Crippen LogP contribution in [0.15, 0.2) is 17.3 Å². The smallest absolute Gasteiger partial charge is 0.356 e. The van der Waals surface area contributed by atoms with Gasteiger partial charge in [0.25, 0.3) is 0 Å². The lowest BCUT2D eigenvalue weighted by atomic mass is 10.3. The fourth-order valence-electron chi connectivity index (χ4n) is 1.61. The number of hydrogen-bond acceptors (Lipinski definition) is 6. The number of fused-ring (bicyclic) bond motifs is 1. The van der Waals surface area contributed by atoms with Crippen molar-refractivity contribution in [3.8, 4) is 0 Å². The first-order valence-electron chi connectivity index (χ1n) is 4.90. The van der Waals surface area contributed by atoms with Gasteiger partial charge in [0.2, 0.25) is 0 Å². The van der Waals surface area contributed by atoms with E-state index in [2.05, 4.69) is 17.8 Å². The maximum atomic E-state index is 11.4. The van der Waals surface area contributed by atoms with Crippen LogP contribution in [0.5, 0.6) is 0 Å². The van der Waals surface area contributed by atoms with E-state index in [0.717, 1.165) is 13.0 Å². The number of aliphatic imine (C=N–C) groups is 1. The Balaban J connectivity index is 2.09. The van der Waals surface area contributed by atoms with E-state index >= 15 is 0 Å². The van der Waals surface area contributed by atoms with Gasteiger partial charge < -0.3 is 4.74 Å². The lowest BCUT2D eigenvalue weighted by Crippen LogP contribution is -2.34. The number of hydrazine groups is 1.